The van der Waals surface area contributed by atoms with Gasteiger partial charge in [-0.2, -0.15) is 0 Å². The molecule has 3 aromatic heterocycles. The van der Waals surface area contributed by atoms with Crippen molar-refractivity contribution in [2.45, 2.75) is 33.9 Å². The summed E-state index contributed by atoms with van der Waals surface area (Å²) >= 11 is 0. The van der Waals surface area contributed by atoms with Crippen LogP contribution in [0.15, 0.2) is 66.1 Å². The molecule has 0 aliphatic rings. The van der Waals surface area contributed by atoms with Gasteiger partial charge in [0.25, 0.3) is 11.5 Å². The molecule has 0 aliphatic carbocycles. The standard InChI is InChI=1S/C24H24N6O2/c1-16-8-10-30(15-20-13-26-17(2)12-27-20)24(32)22(16)23(31)28-21-7-5-4-6-19(21)14-29-11-9-25-18(29)3/h4-13H,14-15H2,1-3H3,(H,28,31). The molecule has 0 fully saturated rings. The summed E-state index contributed by atoms with van der Waals surface area (Å²) < 4.78 is 3.47. The number of aryl methyl sites for hydroxylation is 3. The van der Waals surface area contributed by atoms with Crippen molar-refractivity contribution in [3.05, 3.63) is 106 Å². The van der Waals surface area contributed by atoms with E-state index < -0.39 is 5.91 Å². The molecule has 1 N–H and O–H groups in total. The summed E-state index contributed by atoms with van der Waals surface area (Å²) in [6, 6.07) is 9.31. The van der Waals surface area contributed by atoms with Gasteiger partial charge in [0, 0.05) is 30.5 Å². The number of aromatic nitrogens is 5. The highest BCUT2D eigenvalue weighted by molar-refractivity contribution is 6.05. The molecule has 1 aromatic carbocycles. The summed E-state index contributed by atoms with van der Waals surface area (Å²) in [5, 5.41) is 2.92. The molecule has 0 aliphatic heterocycles. The lowest BCUT2D eigenvalue weighted by Crippen LogP contribution is -2.31. The zero-order valence-corrected chi connectivity index (χ0v) is 18.2. The topological polar surface area (TPSA) is 94.7 Å². The lowest BCUT2D eigenvalue weighted by molar-refractivity contribution is 0.102. The number of hydrogen-bond donors (Lipinski definition) is 1. The highest BCUT2D eigenvalue weighted by atomic mass is 16.2. The predicted molar refractivity (Wildman–Crippen MR) is 122 cm³/mol. The van der Waals surface area contributed by atoms with Gasteiger partial charge in [-0.05, 0) is 44.0 Å². The summed E-state index contributed by atoms with van der Waals surface area (Å²) in [7, 11) is 0. The highest BCUT2D eigenvalue weighted by Gasteiger charge is 2.18. The second kappa shape index (κ2) is 8.97. The first-order valence-electron chi connectivity index (χ1n) is 10.3. The summed E-state index contributed by atoms with van der Waals surface area (Å²) in [6.07, 6.45) is 8.59. The molecule has 0 saturated heterocycles. The van der Waals surface area contributed by atoms with Gasteiger partial charge < -0.3 is 14.5 Å². The molecule has 0 saturated carbocycles. The van der Waals surface area contributed by atoms with Gasteiger partial charge in [-0.1, -0.05) is 18.2 Å². The molecule has 0 unspecified atom stereocenters. The quantitative estimate of drug-likeness (QED) is 0.509. The number of amides is 1. The first-order valence-corrected chi connectivity index (χ1v) is 10.3. The van der Waals surface area contributed by atoms with Crippen molar-refractivity contribution >= 4 is 11.6 Å². The fourth-order valence-corrected chi connectivity index (χ4v) is 3.46. The van der Waals surface area contributed by atoms with Crippen LogP contribution in [0.25, 0.3) is 0 Å². The van der Waals surface area contributed by atoms with Crippen molar-refractivity contribution in [3.8, 4) is 0 Å². The van der Waals surface area contributed by atoms with Gasteiger partial charge in [0.15, 0.2) is 0 Å². The van der Waals surface area contributed by atoms with E-state index in [2.05, 4.69) is 20.3 Å². The number of para-hydroxylation sites is 1. The third-order valence-electron chi connectivity index (χ3n) is 5.30. The molecule has 0 atom stereocenters. The van der Waals surface area contributed by atoms with Crippen LogP contribution in [-0.2, 0) is 13.1 Å². The molecular formula is C24H24N6O2. The second-order valence-corrected chi connectivity index (χ2v) is 7.67. The van der Waals surface area contributed by atoms with E-state index in [-0.39, 0.29) is 17.7 Å². The fourth-order valence-electron chi connectivity index (χ4n) is 3.46. The van der Waals surface area contributed by atoms with E-state index in [0.29, 0.717) is 23.5 Å². The molecule has 4 aromatic rings. The molecule has 8 heteroatoms. The molecule has 0 radical (unpaired) electrons. The van der Waals surface area contributed by atoms with Gasteiger partial charge in [-0.15, -0.1) is 0 Å². The van der Waals surface area contributed by atoms with E-state index in [9.17, 15) is 9.59 Å². The number of nitrogens with one attached hydrogen (secondary N) is 1. The number of anilines is 1. The Hall–Kier alpha value is -4.07. The maximum Gasteiger partial charge on any atom is 0.264 e. The Morgan fingerprint density at radius 3 is 2.47 bits per heavy atom. The number of imidazole rings is 1. The molecule has 32 heavy (non-hydrogen) atoms. The lowest BCUT2D eigenvalue weighted by atomic mass is 10.1. The SMILES string of the molecule is Cc1cnc(Cn2ccc(C)c(C(=O)Nc3ccccc3Cn3ccnc3C)c2=O)cn1. The van der Waals surface area contributed by atoms with Gasteiger partial charge in [-0.25, -0.2) is 4.98 Å². The van der Waals surface area contributed by atoms with Crippen molar-refractivity contribution in [2.75, 3.05) is 5.32 Å². The van der Waals surface area contributed by atoms with E-state index >= 15 is 0 Å². The van der Waals surface area contributed by atoms with Crippen LogP contribution in [0, 0.1) is 20.8 Å². The minimum atomic E-state index is -0.438. The largest absolute Gasteiger partial charge is 0.331 e. The zero-order valence-electron chi connectivity index (χ0n) is 18.2. The van der Waals surface area contributed by atoms with Crippen molar-refractivity contribution in [1.82, 2.24) is 24.1 Å². The maximum atomic E-state index is 13.2. The number of hydrogen-bond acceptors (Lipinski definition) is 5. The van der Waals surface area contributed by atoms with Gasteiger partial charge in [0.05, 0.1) is 30.7 Å². The fraction of sp³-hybridized carbons (Fsp3) is 0.208. The molecular weight excluding hydrogens is 404 g/mol. The summed E-state index contributed by atoms with van der Waals surface area (Å²) in [6.45, 7) is 6.33. The summed E-state index contributed by atoms with van der Waals surface area (Å²) in [5.41, 5.74) is 3.38. The average Bonchev–Trinajstić information content (AvgIpc) is 3.17. The van der Waals surface area contributed by atoms with Crippen molar-refractivity contribution in [2.24, 2.45) is 0 Å². The Bertz CT molecular complexity index is 1320. The van der Waals surface area contributed by atoms with Gasteiger partial charge in [0.1, 0.15) is 11.4 Å². The number of nitrogens with zero attached hydrogens (tertiary/aromatic N) is 5. The molecule has 0 spiro atoms. The smallest absolute Gasteiger partial charge is 0.264 e. The van der Waals surface area contributed by atoms with Crippen molar-refractivity contribution in [3.63, 3.8) is 0 Å². The van der Waals surface area contributed by atoms with Crippen LogP contribution in [0.4, 0.5) is 5.69 Å². The van der Waals surface area contributed by atoms with Crippen LogP contribution in [-0.4, -0.2) is 30.0 Å². The second-order valence-electron chi connectivity index (χ2n) is 7.67. The van der Waals surface area contributed by atoms with Crippen LogP contribution in [0.5, 0.6) is 0 Å². The average molecular weight is 428 g/mol. The molecule has 1 amide bonds. The van der Waals surface area contributed by atoms with Gasteiger partial charge in [-0.3, -0.25) is 19.6 Å². The Labute approximate surface area is 185 Å². The molecule has 4 rings (SSSR count). The Morgan fingerprint density at radius 2 is 1.75 bits per heavy atom. The first kappa shape index (κ1) is 21.2. The van der Waals surface area contributed by atoms with E-state index in [4.69, 9.17) is 0 Å². The van der Waals surface area contributed by atoms with Crippen LogP contribution < -0.4 is 10.9 Å². The normalized spacial score (nSPS) is 10.8. The highest BCUT2D eigenvalue weighted by Crippen LogP contribution is 2.18. The van der Waals surface area contributed by atoms with E-state index in [1.165, 1.54) is 4.57 Å². The first-order chi connectivity index (χ1) is 15.4. The maximum absolute atomic E-state index is 13.2. The predicted octanol–water partition coefficient (Wildman–Crippen LogP) is 3.11. The lowest BCUT2D eigenvalue weighted by Gasteiger charge is -2.14. The Morgan fingerprint density at radius 1 is 0.938 bits per heavy atom. The van der Waals surface area contributed by atoms with E-state index in [1.54, 1.807) is 37.8 Å². The molecule has 3 heterocycles. The third kappa shape index (κ3) is 4.49. The van der Waals surface area contributed by atoms with E-state index in [0.717, 1.165) is 17.1 Å². The minimum absolute atomic E-state index is 0.112. The van der Waals surface area contributed by atoms with Gasteiger partial charge in [0.2, 0.25) is 0 Å². The molecule has 162 valence electrons. The molecule has 8 nitrogen and oxygen atoms in total. The van der Waals surface area contributed by atoms with Crippen LogP contribution in [0.3, 0.4) is 0 Å². The molecule has 0 bridgehead atoms. The number of carbonyl (C=O) groups excluding carboxylic acids is 1. The monoisotopic (exact) mass is 428 g/mol. The van der Waals surface area contributed by atoms with Crippen LogP contribution in [0.1, 0.15) is 38.7 Å². The van der Waals surface area contributed by atoms with Crippen LogP contribution in [0.2, 0.25) is 0 Å². The number of rotatable bonds is 6. The third-order valence-corrected chi connectivity index (χ3v) is 5.30. The summed E-state index contributed by atoms with van der Waals surface area (Å²) in [4.78, 5) is 39.0. The Balaban J connectivity index is 1.61. The number of carbonyl (C=O) groups is 1. The summed E-state index contributed by atoms with van der Waals surface area (Å²) in [5.74, 6) is 0.443. The van der Waals surface area contributed by atoms with Crippen molar-refractivity contribution in [1.29, 1.82) is 0 Å². The Kier molecular flexibility index (Phi) is 5.93. The van der Waals surface area contributed by atoms with Gasteiger partial charge >= 0.3 is 0 Å². The number of pyridine rings is 1. The number of benzene rings is 1. The van der Waals surface area contributed by atoms with Crippen LogP contribution >= 0.6 is 0 Å². The minimum Gasteiger partial charge on any atom is -0.331 e. The van der Waals surface area contributed by atoms with E-state index in [1.807, 2.05) is 48.9 Å². The van der Waals surface area contributed by atoms with Crippen molar-refractivity contribution < 1.29 is 4.79 Å². The zero-order chi connectivity index (χ0) is 22.7.